The Kier molecular flexibility index (Phi) is 7.59. The number of amides is 1. The normalized spacial score (nSPS) is 11.7. The maximum Gasteiger partial charge on any atom is 0.234 e. The molecular weight excluding hydrogens is 424 g/mol. The van der Waals surface area contributed by atoms with Gasteiger partial charge in [0.15, 0.2) is 28.6 Å². The molecule has 3 rings (SSSR count). The van der Waals surface area contributed by atoms with Crippen molar-refractivity contribution in [2.75, 3.05) is 18.2 Å². The molecule has 0 bridgehead atoms. The lowest BCUT2D eigenvalue weighted by Crippen LogP contribution is -2.15. The van der Waals surface area contributed by atoms with Crippen LogP contribution in [0.1, 0.15) is 25.8 Å². The molecule has 0 aliphatic rings. The summed E-state index contributed by atoms with van der Waals surface area (Å²) in [5.74, 6) is 2.02. The number of benzene rings is 2. The number of hydrogen-bond donors (Lipinski definition) is 1. The zero-order chi connectivity index (χ0) is 21.5. The van der Waals surface area contributed by atoms with Gasteiger partial charge in [0, 0.05) is 17.3 Å². The molecule has 1 N–H and O–H groups in total. The predicted molar refractivity (Wildman–Crippen MR) is 119 cm³/mol. The third-order valence-corrected chi connectivity index (χ3v) is 5.44. The van der Waals surface area contributed by atoms with E-state index < -0.39 is 0 Å². The fraction of sp³-hybridized carbons (Fsp3) is 0.286. The first-order chi connectivity index (χ1) is 14.5. The Balaban J connectivity index is 1.65. The Bertz CT molecular complexity index is 1010. The largest absolute Gasteiger partial charge is 0.493 e. The summed E-state index contributed by atoms with van der Waals surface area (Å²) in [5, 5.41) is 12.6. The number of thioether (sulfide) groups is 1. The molecule has 0 aliphatic heterocycles. The van der Waals surface area contributed by atoms with Gasteiger partial charge in [0.05, 0.1) is 12.9 Å². The molecule has 7 nitrogen and oxygen atoms in total. The zero-order valence-electron chi connectivity index (χ0n) is 17.0. The average molecular weight is 447 g/mol. The SMILES string of the molecule is CCn1c(SCC(=O)Nc2cccc(Cl)c2)nnc1C(C)Oc1ccccc1OC. The lowest BCUT2D eigenvalue weighted by molar-refractivity contribution is -0.113. The fourth-order valence-electron chi connectivity index (χ4n) is 2.86. The van der Waals surface area contributed by atoms with E-state index in [1.165, 1.54) is 11.8 Å². The van der Waals surface area contributed by atoms with Crippen molar-refractivity contribution in [3.05, 3.63) is 59.4 Å². The molecule has 2 aromatic carbocycles. The molecule has 1 heterocycles. The van der Waals surface area contributed by atoms with Crippen molar-refractivity contribution in [3.63, 3.8) is 0 Å². The Morgan fingerprint density at radius 1 is 1.20 bits per heavy atom. The summed E-state index contributed by atoms with van der Waals surface area (Å²) in [6, 6.07) is 14.5. The number of aromatic nitrogens is 3. The number of nitrogens with zero attached hydrogens (tertiary/aromatic N) is 3. The number of carbonyl (C=O) groups is 1. The van der Waals surface area contributed by atoms with E-state index in [1.54, 1.807) is 31.4 Å². The molecule has 0 saturated heterocycles. The van der Waals surface area contributed by atoms with Gasteiger partial charge in [0.2, 0.25) is 5.91 Å². The van der Waals surface area contributed by atoms with Crippen molar-refractivity contribution in [2.24, 2.45) is 0 Å². The molecule has 0 fully saturated rings. The first kappa shape index (κ1) is 22.0. The highest BCUT2D eigenvalue weighted by molar-refractivity contribution is 7.99. The summed E-state index contributed by atoms with van der Waals surface area (Å²) < 4.78 is 13.3. The second-order valence-corrected chi connectivity index (χ2v) is 7.72. The Morgan fingerprint density at radius 3 is 2.67 bits per heavy atom. The Hall–Kier alpha value is -2.71. The third kappa shape index (κ3) is 5.46. The van der Waals surface area contributed by atoms with Gasteiger partial charge < -0.3 is 19.4 Å². The Labute approximate surface area is 184 Å². The lowest BCUT2D eigenvalue weighted by atomic mass is 10.3. The van der Waals surface area contributed by atoms with E-state index in [1.807, 2.05) is 42.7 Å². The number of halogens is 1. The number of carbonyl (C=O) groups excluding carboxylic acids is 1. The molecule has 0 spiro atoms. The predicted octanol–water partition coefficient (Wildman–Crippen LogP) is 4.83. The fourth-order valence-corrected chi connectivity index (χ4v) is 3.86. The topological polar surface area (TPSA) is 78.3 Å². The van der Waals surface area contributed by atoms with Gasteiger partial charge in [-0.1, -0.05) is 41.6 Å². The van der Waals surface area contributed by atoms with Crippen LogP contribution in [-0.4, -0.2) is 33.5 Å². The van der Waals surface area contributed by atoms with Gasteiger partial charge in [0.1, 0.15) is 0 Å². The molecule has 1 unspecified atom stereocenters. The summed E-state index contributed by atoms with van der Waals surface area (Å²) >= 11 is 7.27. The van der Waals surface area contributed by atoms with Gasteiger partial charge in [-0.2, -0.15) is 0 Å². The molecule has 1 aromatic heterocycles. The molecule has 158 valence electrons. The average Bonchev–Trinajstić information content (AvgIpc) is 3.15. The monoisotopic (exact) mass is 446 g/mol. The van der Waals surface area contributed by atoms with E-state index in [0.29, 0.717) is 39.7 Å². The maximum atomic E-state index is 12.3. The molecular formula is C21H23ClN4O3S. The molecule has 1 amide bonds. The van der Waals surface area contributed by atoms with E-state index in [0.717, 1.165) is 0 Å². The third-order valence-electron chi connectivity index (χ3n) is 4.24. The molecule has 0 saturated carbocycles. The first-order valence-electron chi connectivity index (χ1n) is 9.42. The van der Waals surface area contributed by atoms with E-state index in [9.17, 15) is 4.79 Å². The minimum atomic E-state index is -0.344. The van der Waals surface area contributed by atoms with Gasteiger partial charge in [-0.15, -0.1) is 10.2 Å². The summed E-state index contributed by atoms with van der Waals surface area (Å²) in [6.45, 7) is 4.56. The van der Waals surface area contributed by atoms with Crippen LogP contribution in [-0.2, 0) is 11.3 Å². The van der Waals surface area contributed by atoms with Crippen LogP contribution in [0.3, 0.4) is 0 Å². The van der Waals surface area contributed by atoms with Gasteiger partial charge >= 0.3 is 0 Å². The van der Waals surface area contributed by atoms with E-state index in [-0.39, 0.29) is 17.8 Å². The molecule has 0 aliphatic carbocycles. The van der Waals surface area contributed by atoms with Crippen LogP contribution in [0.15, 0.2) is 53.7 Å². The van der Waals surface area contributed by atoms with Crippen LogP contribution in [0.4, 0.5) is 5.69 Å². The van der Waals surface area contributed by atoms with Gasteiger partial charge in [-0.25, -0.2) is 0 Å². The van der Waals surface area contributed by atoms with Crippen LogP contribution < -0.4 is 14.8 Å². The van der Waals surface area contributed by atoms with Crippen LogP contribution in [0.25, 0.3) is 0 Å². The smallest absolute Gasteiger partial charge is 0.234 e. The maximum absolute atomic E-state index is 12.3. The van der Waals surface area contributed by atoms with Gasteiger partial charge in [-0.05, 0) is 44.2 Å². The highest BCUT2D eigenvalue weighted by Gasteiger charge is 2.20. The molecule has 3 aromatic rings. The number of para-hydroxylation sites is 2. The van der Waals surface area contributed by atoms with Crippen molar-refractivity contribution < 1.29 is 14.3 Å². The minimum absolute atomic E-state index is 0.146. The summed E-state index contributed by atoms with van der Waals surface area (Å²) in [6.07, 6.45) is -0.344. The lowest BCUT2D eigenvalue weighted by Gasteiger charge is -2.17. The summed E-state index contributed by atoms with van der Waals surface area (Å²) in [7, 11) is 1.60. The highest BCUT2D eigenvalue weighted by atomic mass is 35.5. The molecule has 9 heteroatoms. The molecule has 1 atom stereocenters. The highest BCUT2D eigenvalue weighted by Crippen LogP contribution is 2.31. The van der Waals surface area contributed by atoms with Crippen molar-refractivity contribution in [3.8, 4) is 11.5 Å². The summed E-state index contributed by atoms with van der Waals surface area (Å²) in [4.78, 5) is 12.3. The number of anilines is 1. The number of ether oxygens (including phenoxy) is 2. The van der Waals surface area contributed by atoms with E-state index in [4.69, 9.17) is 21.1 Å². The van der Waals surface area contributed by atoms with Crippen molar-refractivity contribution in [1.82, 2.24) is 14.8 Å². The number of hydrogen-bond acceptors (Lipinski definition) is 6. The first-order valence-corrected chi connectivity index (χ1v) is 10.8. The van der Waals surface area contributed by atoms with Crippen LogP contribution in [0.2, 0.25) is 5.02 Å². The number of rotatable bonds is 9. The summed E-state index contributed by atoms with van der Waals surface area (Å²) in [5.41, 5.74) is 0.657. The van der Waals surface area contributed by atoms with Crippen molar-refractivity contribution in [2.45, 2.75) is 31.7 Å². The van der Waals surface area contributed by atoms with Crippen molar-refractivity contribution in [1.29, 1.82) is 0 Å². The quantitative estimate of drug-likeness (QED) is 0.474. The standard InChI is InChI=1S/C21H23ClN4O3S/c1-4-26-20(14(2)29-18-11-6-5-10-17(18)28-3)24-25-21(26)30-13-19(27)23-16-9-7-8-15(22)12-16/h5-12,14H,4,13H2,1-3H3,(H,23,27). The van der Waals surface area contributed by atoms with E-state index in [2.05, 4.69) is 15.5 Å². The number of nitrogens with one attached hydrogen (secondary N) is 1. The van der Waals surface area contributed by atoms with Crippen LogP contribution >= 0.6 is 23.4 Å². The second-order valence-electron chi connectivity index (χ2n) is 6.34. The second kappa shape index (κ2) is 10.4. The van der Waals surface area contributed by atoms with Crippen molar-refractivity contribution >= 4 is 35.0 Å². The van der Waals surface area contributed by atoms with Gasteiger partial charge in [-0.3, -0.25) is 4.79 Å². The zero-order valence-corrected chi connectivity index (χ0v) is 18.5. The minimum Gasteiger partial charge on any atom is -0.493 e. The number of methoxy groups -OCH3 is 1. The van der Waals surface area contributed by atoms with Crippen LogP contribution in [0, 0.1) is 0 Å². The molecule has 30 heavy (non-hydrogen) atoms. The molecule has 0 radical (unpaired) electrons. The van der Waals surface area contributed by atoms with Crippen LogP contribution in [0.5, 0.6) is 11.5 Å². The van der Waals surface area contributed by atoms with E-state index >= 15 is 0 Å². The Morgan fingerprint density at radius 2 is 1.97 bits per heavy atom. The van der Waals surface area contributed by atoms with Gasteiger partial charge in [0.25, 0.3) is 0 Å².